The van der Waals surface area contributed by atoms with E-state index in [-0.39, 0.29) is 18.4 Å². The SMILES string of the molecule is NC[C@@H](C(=O)N1CCN(c2ncnc3[nH]ccc23)CC1)c1ccc(Cl)cc1. The van der Waals surface area contributed by atoms with Crippen LogP contribution in [0.2, 0.25) is 5.02 Å². The van der Waals surface area contributed by atoms with Gasteiger partial charge in [0.05, 0.1) is 11.3 Å². The number of piperazine rings is 1. The molecule has 0 spiro atoms. The first kappa shape index (κ1) is 17.8. The van der Waals surface area contributed by atoms with Crippen molar-refractivity contribution in [3.63, 3.8) is 0 Å². The van der Waals surface area contributed by atoms with E-state index >= 15 is 0 Å². The van der Waals surface area contributed by atoms with E-state index < -0.39 is 0 Å². The van der Waals surface area contributed by atoms with Gasteiger partial charge in [0.25, 0.3) is 0 Å². The summed E-state index contributed by atoms with van der Waals surface area (Å²) in [5, 5.41) is 1.65. The van der Waals surface area contributed by atoms with Crippen LogP contribution in [-0.2, 0) is 4.79 Å². The zero-order valence-electron chi connectivity index (χ0n) is 14.8. The van der Waals surface area contributed by atoms with Crippen LogP contribution >= 0.6 is 11.6 Å². The second kappa shape index (κ2) is 7.54. The number of rotatable bonds is 4. The topological polar surface area (TPSA) is 91.1 Å². The number of fused-ring (bicyclic) bond motifs is 1. The van der Waals surface area contributed by atoms with E-state index in [1.807, 2.05) is 29.3 Å². The molecule has 3 heterocycles. The standard InChI is InChI=1S/C19H21ClN6O/c20-14-3-1-13(2-4-14)16(11-21)19(27)26-9-7-25(8-10-26)18-15-5-6-22-17(15)23-12-24-18/h1-6,12,16H,7-11,21H2,(H,22,23,24)/t16-/m1/s1. The molecule has 1 fully saturated rings. The molecule has 3 aromatic rings. The first-order valence-electron chi connectivity index (χ1n) is 8.94. The number of halogens is 1. The van der Waals surface area contributed by atoms with Gasteiger partial charge in [-0.15, -0.1) is 0 Å². The molecular weight excluding hydrogens is 364 g/mol. The largest absolute Gasteiger partial charge is 0.352 e. The summed E-state index contributed by atoms with van der Waals surface area (Å²) in [6.45, 7) is 3.00. The van der Waals surface area contributed by atoms with Crippen molar-refractivity contribution >= 4 is 34.4 Å². The van der Waals surface area contributed by atoms with Crippen molar-refractivity contribution in [1.29, 1.82) is 0 Å². The number of carbonyl (C=O) groups is 1. The highest BCUT2D eigenvalue weighted by Crippen LogP contribution is 2.25. The third-order valence-corrected chi connectivity index (χ3v) is 5.28. The Bertz CT molecular complexity index is 933. The van der Waals surface area contributed by atoms with Crippen LogP contribution in [-0.4, -0.2) is 58.5 Å². The molecule has 140 valence electrons. The molecule has 1 aromatic carbocycles. The van der Waals surface area contributed by atoms with E-state index in [2.05, 4.69) is 19.9 Å². The fourth-order valence-corrected chi connectivity index (χ4v) is 3.67. The minimum absolute atomic E-state index is 0.0638. The van der Waals surface area contributed by atoms with Crippen molar-refractivity contribution in [2.75, 3.05) is 37.6 Å². The monoisotopic (exact) mass is 384 g/mol. The minimum atomic E-state index is -0.343. The van der Waals surface area contributed by atoms with Crippen molar-refractivity contribution in [3.8, 4) is 0 Å². The maximum atomic E-state index is 13.0. The first-order chi connectivity index (χ1) is 13.2. The molecule has 1 amide bonds. The minimum Gasteiger partial charge on any atom is -0.352 e. The van der Waals surface area contributed by atoms with Gasteiger partial charge in [-0.2, -0.15) is 0 Å². The van der Waals surface area contributed by atoms with Gasteiger partial charge in [-0.05, 0) is 23.8 Å². The number of hydrogen-bond donors (Lipinski definition) is 2. The Hall–Kier alpha value is -2.64. The highest BCUT2D eigenvalue weighted by Gasteiger charge is 2.28. The molecule has 1 saturated heterocycles. The van der Waals surface area contributed by atoms with E-state index in [9.17, 15) is 4.79 Å². The molecule has 0 radical (unpaired) electrons. The highest BCUT2D eigenvalue weighted by atomic mass is 35.5. The fraction of sp³-hybridized carbons (Fsp3) is 0.316. The molecule has 1 aliphatic heterocycles. The summed E-state index contributed by atoms with van der Waals surface area (Å²) in [4.78, 5) is 28.9. The van der Waals surface area contributed by atoms with Crippen LogP contribution in [0.4, 0.5) is 5.82 Å². The molecule has 0 bridgehead atoms. The number of amides is 1. The number of benzene rings is 1. The summed E-state index contributed by atoms with van der Waals surface area (Å²) in [6.07, 6.45) is 3.43. The average molecular weight is 385 g/mol. The highest BCUT2D eigenvalue weighted by molar-refractivity contribution is 6.30. The molecule has 8 heteroatoms. The molecule has 3 N–H and O–H groups in total. The predicted octanol–water partition coefficient (Wildman–Crippen LogP) is 2.00. The van der Waals surface area contributed by atoms with E-state index in [4.69, 9.17) is 17.3 Å². The Morgan fingerprint density at radius 1 is 1.15 bits per heavy atom. The zero-order valence-corrected chi connectivity index (χ0v) is 15.6. The fourth-order valence-electron chi connectivity index (χ4n) is 3.54. The molecule has 0 aliphatic carbocycles. The summed E-state index contributed by atoms with van der Waals surface area (Å²) in [7, 11) is 0. The number of aromatic nitrogens is 3. The second-order valence-electron chi connectivity index (χ2n) is 6.59. The molecule has 7 nitrogen and oxygen atoms in total. The maximum absolute atomic E-state index is 13.0. The van der Waals surface area contributed by atoms with Crippen molar-refractivity contribution in [1.82, 2.24) is 19.9 Å². The zero-order chi connectivity index (χ0) is 18.8. The molecule has 1 aliphatic rings. The van der Waals surface area contributed by atoms with Crippen LogP contribution < -0.4 is 10.6 Å². The van der Waals surface area contributed by atoms with Gasteiger partial charge in [0.1, 0.15) is 17.8 Å². The van der Waals surface area contributed by atoms with Crippen LogP contribution in [0.5, 0.6) is 0 Å². The van der Waals surface area contributed by atoms with Crippen molar-refractivity contribution < 1.29 is 4.79 Å². The van der Waals surface area contributed by atoms with E-state index in [0.717, 1.165) is 35.5 Å². The lowest BCUT2D eigenvalue weighted by atomic mass is 9.97. The van der Waals surface area contributed by atoms with Crippen LogP contribution in [0.1, 0.15) is 11.5 Å². The van der Waals surface area contributed by atoms with Crippen LogP contribution in [0.3, 0.4) is 0 Å². The number of H-pyrrole nitrogens is 1. The molecular formula is C19H21ClN6O. The van der Waals surface area contributed by atoms with Gasteiger partial charge in [0.15, 0.2) is 0 Å². The van der Waals surface area contributed by atoms with Gasteiger partial charge in [-0.25, -0.2) is 9.97 Å². The van der Waals surface area contributed by atoms with Crippen LogP contribution in [0.25, 0.3) is 11.0 Å². The Morgan fingerprint density at radius 2 is 1.89 bits per heavy atom. The first-order valence-corrected chi connectivity index (χ1v) is 9.32. The molecule has 4 rings (SSSR count). The van der Waals surface area contributed by atoms with Crippen LogP contribution in [0.15, 0.2) is 42.9 Å². The Kier molecular flexibility index (Phi) is 4.96. The molecule has 1 atom stereocenters. The smallest absolute Gasteiger partial charge is 0.231 e. The van der Waals surface area contributed by atoms with Gasteiger partial charge in [-0.1, -0.05) is 23.7 Å². The third kappa shape index (κ3) is 3.48. The van der Waals surface area contributed by atoms with Crippen molar-refractivity contribution in [2.24, 2.45) is 5.73 Å². The van der Waals surface area contributed by atoms with Gasteiger partial charge < -0.3 is 20.5 Å². The third-order valence-electron chi connectivity index (χ3n) is 5.03. The Morgan fingerprint density at radius 3 is 2.59 bits per heavy atom. The predicted molar refractivity (Wildman–Crippen MR) is 106 cm³/mol. The van der Waals surface area contributed by atoms with Crippen LogP contribution in [0, 0.1) is 0 Å². The van der Waals surface area contributed by atoms with Gasteiger partial charge in [0.2, 0.25) is 5.91 Å². The summed E-state index contributed by atoms with van der Waals surface area (Å²) in [6, 6.07) is 9.31. The van der Waals surface area contributed by atoms with E-state index in [0.29, 0.717) is 18.1 Å². The second-order valence-corrected chi connectivity index (χ2v) is 7.03. The molecule has 0 saturated carbocycles. The van der Waals surface area contributed by atoms with Gasteiger partial charge in [-0.3, -0.25) is 4.79 Å². The lowest BCUT2D eigenvalue weighted by Crippen LogP contribution is -2.51. The summed E-state index contributed by atoms with van der Waals surface area (Å²) in [5.41, 5.74) is 7.63. The number of nitrogens with one attached hydrogen (secondary N) is 1. The van der Waals surface area contributed by atoms with E-state index in [1.54, 1.807) is 18.5 Å². The number of anilines is 1. The summed E-state index contributed by atoms with van der Waals surface area (Å²) < 4.78 is 0. The average Bonchev–Trinajstić information content (AvgIpc) is 3.19. The van der Waals surface area contributed by atoms with E-state index in [1.165, 1.54) is 0 Å². The number of nitrogens with zero attached hydrogens (tertiary/aromatic N) is 4. The molecule has 0 unspecified atom stereocenters. The Labute approximate surface area is 162 Å². The maximum Gasteiger partial charge on any atom is 0.231 e. The number of carbonyl (C=O) groups excluding carboxylic acids is 1. The lowest BCUT2D eigenvalue weighted by Gasteiger charge is -2.37. The van der Waals surface area contributed by atoms with Crippen molar-refractivity contribution in [2.45, 2.75) is 5.92 Å². The molecule has 27 heavy (non-hydrogen) atoms. The normalized spacial score (nSPS) is 15.9. The number of nitrogens with two attached hydrogens (primary N) is 1. The van der Waals surface area contributed by atoms with Crippen molar-refractivity contribution in [3.05, 3.63) is 53.4 Å². The Balaban J connectivity index is 1.46. The lowest BCUT2D eigenvalue weighted by molar-refractivity contribution is -0.132. The molecule has 2 aromatic heterocycles. The summed E-state index contributed by atoms with van der Waals surface area (Å²) >= 11 is 5.95. The van der Waals surface area contributed by atoms with Gasteiger partial charge in [0, 0.05) is 43.9 Å². The van der Waals surface area contributed by atoms with Gasteiger partial charge >= 0.3 is 0 Å². The number of aromatic amines is 1. The summed E-state index contributed by atoms with van der Waals surface area (Å²) in [5.74, 6) is 0.625. The number of hydrogen-bond acceptors (Lipinski definition) is 5. The quantitative estimate of drug-likeness (QED) is 0.718.